The Morgan fingerprint density at radius 3 is 2.95 bits per heavy atom. The van der Waals surface area contributed by atoms with E-state index in [4.69, 9.17) is 4.74 Å². The standard InChI is InChI=1S/C16H15N3O3/c20-15(22-12-4-2-1-3-5-12)10-19-16(21)11-8-14-13(18-9-11)6-7-17-14/h1-9,15,17,20H,10H2,(H,19,21). The molecule has 0 fully saturated rings. The van der Waals surface area contributed by atoms with Gasteiger partial charge in [-0.15, -0.1) is 0 Å². The van der Waals surface area contributed by atoms with E-state index in [9.17, 15) is 9.90 Å². The molecule has 0 aliphatic rings. The first kappa shape index (κ1) is 14.1. The van der Waals surface area contributed by atoms with Gasteiger partial charge in [-0.3, -0.25) is 9.78 Å². The van der Waals surface area contributed by atoms with E-state index in [1.54, 1.807) is 36.5 Å². The molecule has 22 heavy (non-hydrogen) atoms. The number of nitrogens with zero attached hydrogens (tertiary/aromatic N) is 1. The summed E-state index contributed by atoms with van der Waals surface area (Å²) in [7, 11) is 0. The molecular weight excluding hydrogens is 282 g/mol. The number of nitrogens with one attached hydrogen (secondary N) is 2. The Morgan fingerprint density at radius 2 is 2.14 bits per heavy atom. The van der Waals surface area contributed by atoms with Crippen molar-refractivity contribution in [3.8, 4) is 5.75 Å². The molecule has 2 aromatic heterocycles. The Hall–Kier alpha value is -2.86. The summed E-state index contributed by atoms with van der Waals surface area (Å²) in [5.41, 5.74) is 2.00. The van der Waals surface area contributed by atoms with E-state index in [0.29, 0.717) is 11.3 Å². The predicted octanol–water partition coefficient (Wildman–Crippen LogP) is 1.69. The molecule has 1 unspecified atom stereocenters. The van der Waals surface area contributed by atoms with Crippen LogP contribution in [-0.4, -0.2) is 33.8 Å². The number of carbonyl (C=O) groups excluding carboxylic acids is 1. The summed E-state index contributed by atoms with van der Waals surface area (Å²) in [5, 5.41) is 12.4. The number of aromatic amines is 1. The number of aliphatic hydroxyl groups is 1. The van der Waals surface area contributed by atoms with E-state index in [1.165, 1.54) is 6.20 Å². The number of carbonyl (C=O) groups is 1. The summed E-state index contributed by atoms with van der Waals surface area (Å²) in [6.45, 7) is -0.0174. The van der Waals surface area contributed by atoms with E-state index < -0.39 is 6.29 Å². The topological polar surface area (TPSA) is 87.2 Å². The average molecular weight is 297 g/mol. The SMILES string of the molecule is O=C(NCC(O)Oc1ccccc1)c1cnc2cc[nH]c2c1. The lowest BCUT2D eigenvalue weighted by Crippen LogP contribution is -2.35. The fraction of sp³-hybridized carbons (Fsp3) is 0.125. The van der Waals surface area contributed by atoms with Gasteiger partial charge in [-0.25, -0.2) is 0 Å². The first-order valence-electron chi connectivity index (χ1n) is 6.83. The number of H-pyrrole nitrogens is 1. The zero-order valence-corrected chi connectivity index (χ0v) is 11.7. The number of aromatic nitrogens is 2. The van der Waals surface area contributed by atoms with Gasteiger partial charge in [-0.1, -0.05) is 18.2 Å². The molecule has 3 rings (SSSR count). The van der Waals surface area contributed by atoms with Gasteiger partial charge in [0, 0.05) is 12.4 Å². The highest BCUT2D eigenvalue weighted by molar-refractivity contribution is 5.96. The van der Waals surface area contributed by atoms with Crippen molar-refractivity contribution >= 4 is 16.9 Å². The number of ether oxygens (including phenoxy) is 1. The molecule has 6 heteroatoms. The van der Waals surface area contributed by atoms with E-state index in [0.717, 1.165) is 11.0 Å². The van der Waals surface area contributed by atoms with Crippen molar-refractivity contribution in [1.82, 2.24) is 15.3 Å². The Balaban J connectivity index is 1.57. The third kappa shape index (κ3) is 3.24. The molecule has 3 N–H and O–H groups in total. The smallest absolute Gasteiger partial charge is 0.253 e. The zero-order chi connectivity index (χ0) is 15.4. The Labute approximate surface area is 126 Å². The minimum absolute atomic E-state index is 0.0174. The lowest BCUT2D eigenvalue weighted by molar-refractivity contribution is -0.0144. The molecule has 0 spiro atoms. The highest BCUT2D eigenvalue weighted by atomic mass is 16.6. The number of para-hydroxylation sites is 1. The van der Waals surface area contributed by atoms with Crippen LogP contribution < -0.4 is 10.1 Å². The summed E-state index contributed by atoms with van der Waals surface area (Å²) < 4.78 is 5.28. The van der Waals surface area contributed by atoms with Gasteiger partial charge in [0.25, 0.3) is 5.91 Å². The minimum Gasteiger partial charge on any atom is -0.463 e. The summed E-state index contributed by atoms with van der Waals surface area (Å²) in [6, 6.07) is 12.5. The number of fused-ring (bicyclic) bond motifs is 1. The highest BCUT2D eigenvalue weighted by Crippen LogP contribution is 2.11. The molecule has 1 atom stereocenters. The summed E-state index contributed by atoms with van der Waals surface area (Å²) in [4.78, 5) is 19.2. The molecule has 112 valence electrons. The van der Waals surface area contributed by atoms with Crippen molar-refractivity contribution in [2.24, 2.45) is 0 Å². The Kier molecular flexibility index (Phi) is 4.02. The summed E-state index contributed by atoms with van der Waals surface area (Å²) in [5.74, 6) is 0.221. The number of aliphatic hydroxyl groups excluding tert-OH is 1. The fourth-order valence-corrected chi connectivity index (χ4v) is 2.04. The van der Waals surface area contributed by atoms with Gasteiger partial charge in [0.2, 0.25) is 6.29 Å². The lowest BCUT2D eigenvalue weighted by Gasteiger charge is -2.14. The monoisotopic (exact) mass is 297 g/mol. The van der Waals surface area contributed by atoms with Crippen LogP contribution in [0.2, 0.25) is 0 Å². The second-order valence-corrected chi connectivity index (χ2v) is 4.73. The van der Waals surface area contributed by atoms with Crippen molar-refractivity contribution in [2.45, 2.75) is 6.29 Å². The van der Waals surface area contributed by atoms with Crippen LogP contribution in [0.3, 0.4) is 0 Å². The Bertz CT molecular complexity index is 770. The van der Waals surface area contributed by atoms with Crippen LogP contribution in [0.25, 0.3) is 11.0 Å². The van der Waals surface area contributed by atoms with Crippen molar-refractivity contribution in [1.29, 1.82) is 0 Å². The molecule has 2 heterocycles. The van der Waals surface area contributed by atoms with Gasteiger partial charge in [0.05, 0.1) is 23.1 Å². The molecule has 0 radical (unpaired) electrons. The van der Waals surface area contributed by atoms with E-state index >= 15 is 0 Å². The summed E-state index contributed by atoms with van der Waals surface area (Å²) in [6.07, 6.45) is 2.14. The number of amides is 1. The van der Waals surface area contributed by atoms with Crippen LogP contribution >= 0.6 is 0 Å². The highest BCUT2D eigenvalue weighted by Gasteiger charge is 2.11. The molecule has 0 bridgehead atoms. The van der Waals surface area contributed by atoms with Crippen LogP contribution in [0.5, 0.6) is 5.75 Å². The van der Waals surface area contributed by atoms with Gasteiger partial charge in [-0.05, 0) is 24.3 Å². The minimum atomic E-state index is -1.12. The third-order valence-electron chi connectivity index (χ3n) is 3.11. The van der Waals surface area contributed by atoms with Crippen LogP contribution in [-0.2, 0) is 0 Å². The maximum atomic E-state index is 12.0. The number of rotatable bonds is 5. The first-order valence-corrected chi connectivity index (χ1v) is 6.83. The molecular formula is C16H15N3O3. The molecule has 0 saturated heterocycles. The van der Waals surface area contributed by atoms with Crippen LogP contribution in [0.15, 0.2) is 54.9 Å². The van der Waals surface area contributed by atoms with Crippen molar-refractivity contribution < 1.29 is 14.6 Å². The maximum absolute atomic E-state index is 12.0. The first-order chi connectivity index (χ1) is 10.7. The predicted molar refractivity (Wildman–Crippen MR) is 81.5 cm³/mol. The number of benzene rings is 1. The second kappa shape index (κ2) is 6.28. The van der Waals surface area contributed by atoms with Gasteiger partial charge in [0.15, 0.2) is 0 Å². The van der Waals surface area contributed by atoms with Gasteiger partial charge in [0.1, 0.15) is 5.75 Å². The summed E-state index contributed by atoms with van der Waals surface area (Å²) >= 11 is 0. The lowest BCUT2D eigenvalue weighted by atomic mass is 10.2. The molecule has 3 aromatic rings. The quantitative estimate of drug-likeness (QED) is 0.625. The number of hydrogen-bond acceptors (Lipinski definition) is 4. The fourth-order valence-electron chi connectivity index (χ4n) is 2.04. The van der Waals surface area contributed by atoms with Gasteiger partial charge >= 0.3 is 0 Å². The number of hydrogen-bond donors (Lipinski definition) is 3. The van der Waals surface area contributed by atoms with Crippen LogP contribution in [0.1, 0.15) is 10.4 Å². The molecule has 0 aliphatic carbocycles. The Morgan fingerprint density at radius 1 is 1.32 bits per heavy atom. The van der Waals surface area contributed by atoms with E-state index in [2.05, 4.69) is 15.3 Å². The largest absolute Gasteiger partial charge is 0.463 e. The molecule has 0 saturated carbocycles. The van der Waals surface area contributed by atoms with Gasteiger partial charge in [-0.2, -0.15) is 0 Å². The van der Waals surface area contributed by atoms with Gasteiger partial charge < -0.3 is 20.1 Å². The van der Waals surface area contributed by atoms with E-state index in [-0.39, 0.29) is 12.5 Å². The average Bonchev–Trinajstić information content (AvgIpc) is 3.01. The second-order valence-electron chi connectivity index (χ2n) is 4.73. The maximum Gasteiger partial charge on any atom is 0.253 e. The number of pyridine rings is 1. The van der Waals surface area contributed by atoms with Crippen molar-refractivity contribution in [3.63, 3.8) is 0 Å². The van der Waals surface area contributed by atoms with Crippen molar-refractivity contribution in [2.75, 3.05) is 6.54 Å². The third-order valence-corrected chi connectivity index (χ3v) is 3.11. The molecule has 1 amide bonds. The van der Waals surface area contributed by atoms with E-state index in [1.807, 2.05) is 12.1 Å². The normalized spacial score (nSPS) is 12.0. The molecule has 0 aliphatic heterocycles. The zero-order valence-electron chi connectivity index (χ0n) is 11.7. The van der Waals surface area contributed by atoms with Crippen molar-refractivity contribution in [3.05, 3.63) is 60.4 Å². The molecule has 1 aromatic carbocycles. The van der Waals surface area contributed by atoms with Crippen LogP contribution in [0.4, 0.5) is 0 Å². The molecule has 6 nitrogen and oxygen atoms in total. The van der Waals surface area contributed by atoms with Crippen LogP contribution in [0, 0.1) is 0 Å².